The van der Waals surface area contributed by atoms with Gasteiger partial charge in [-0.3, -0.25) is 9.67 Å². The molecular formula is C19H34IN5O. The van der Waals surface area contributed by atoms with E-state index in [1.807, 2.05) is 11.7 Å². The summed E-state index contributed by atoms with van der Waals surface area (Å²) in [6, 6.07) is 0. The van der Waals surface area contributed by atoms with Crippen LogP contribution in [0, 0.1) is 25.7 Å². The molecule has 0 radical (unpaired) electrons. The number of nitrogens with one attached hydrogen (secondary N) is 1. The van der Waals surface area contributed by atoms with Crippen molar-refractivity contribution < 1.29 is 4.74 Å². The fourth-order valence-corrected chi connectivity index (χ4v) is 4.46. The quantitative estimate of drug-likeness (QED) is 0.404. The van der Waals surface area contributed by atoms with Gasteiger partial charge < -0.3 is 15.0 Å². The van der Waals surface area contributed by atoms with E-state index in [4.69, 9.17) is 4.74 Å². The summed E-state index contributed by atoms with van der Waals surface area (Å²) in [5.41, 5.74) is 3.58. The minimum absolute atomic E-state index is 0. The van der Waals surface area contributed by atoms with Gasteiger partial charge in [0.1, 0.15) is 0 Å². The number of likely N-dealkylation sites (tertiary alicyclic amines) is 1. The number of halogens is 1. The third-order valence-electron chi connectivity index (χ3n) is 5.95. The number of hydrogen-bond donors (Lipinski definition) is 1. The van der Waals surface area contributed by atoms with E-state index in [0.717, 1.165) is 49.7 Å². The smallest absolute Gasteiger partial charge is 0.193 e. The zero-order valence-electron chi connectivity index (χ0n) is 16.6. The molecule has 1 saturated heterocycles. The first kappa shape index (κ1) is 21.5. The predicted octanol–water partition coefficient (Wildman–Crippen LogP) is 2.96. The Bertz CT molecular complexity index is 601. The summed E-state index contributed by atoms with van der Waals surface area (Å²) >= 11 is 0. The summed E-state index contributed by atoms with van der Waals surface area (Å²) in [5.74, 6) is 2.78. The monoisotopic (exact) mass is 475 g/mol. The lowest BCUT2D eigenvalue weighted by Crippen LogP contribution is -2.40. The molecule has 3 rings (SSSR count). The molecule has 148 valence electrons. The van der Waals surface area contributed by atoms with Crippen LogP contribution in [0.4, 0.5) is 0 Å². The first-order chi connectivity index (χ1) is 12.1. The maximum Gasteiger partial charge on any atom is 0.193 e. The molecule has 1 aromatic heterocycles. The number of aryl methyl sites for hydroxylation is 1. The summed E-state index contributed by atoms with van der Waals surface area (Å²) in [6.07, 6.45) is 5.59. The summed E-state index contributed by atoms with van der Waals surface area (Å²) in [5, 5.41) is 8.23. The van der Waals surface area contributed by atoms with Gasteiger partial charge in [-0.2, -0.15) is 5.10 Å². The van der Waals surface area contributed by atoms with Crippen LogP contribution in [-0.4, -0.2) is 54.5 Å². The minimum atomic E-state index is 0. The third kappa shape index (κ3) is 4.71. The Morgan fingerprint density at radius 1 is 1.23 bits per heavy atom. The maximum atomic E-state index is 5.18. The number of ether oxygens (including phenoxy) is 1. The van der Waals surface area contributed by atoms with E-state index in [1.165, 1.54) is 36.9 Å². The van der Waals surface area contributed by atoms with Crippen LogP contribution in [0.1, 0.15) is 42.6 Å². The van der Waals surface area contributed by atoms with Gasteiger partial charge in [-0.05, 0) is 38.5 Å². The Balaban J connectivity index is 0.00000243. The lowest BCUT2D eigenvalue weighted by molar-refractivity contribution is 0.182. The van der Waals surface area contributed by atoms with Gasteiger partial charge in [0.2, 0.25) is 0 Å². The van der Waals surface area contributed by atoms with Crippen molar-refractivity contribution in [2.45, 2.75) is 52.6 Å². The molecule has 2 aliphatic rings. The van der Waals surface area contributed by atoms with Gasteiger partial charge >= 0.3 is 0 Å². The Labute approximate surface area is 174 Å². The summed E-state index contributed by atoms with van der Waals surface area (Å²) < 4.78 is 7.22. The molecule has 0 bridgehead atoms. The van der Waals surface area contributed by atoms with Crippen molar-refractivity contribution in [3.8, 4) is 0 Å². The number of methoxy groups -OCH3 is 1. The van der Waals surface area contributed by atoms with Crippen LogP contribution < -0.4 is 5.32 Å². The van der Waals surface area contributed by atoms with Crippen LogP contribution in [0.25, 0.3) is 0 Å². The number of guanidine groups is 1. The van der Waals surface area contributed by atoms with Crippen LogP contribution in [0.5, 0.6) is 0 Å². The fourth-order valence-electron chi connectivity index (χ4n) is 4.46. The Morgan fingerprint density at radius 2 is 1.88 bits per heavy atom. The van der Waals surface area contributed by atoms with Crippen molar-refractivity contribution in [1.82, 2.24) is 20.0 Å². The SMILES string of the molecule is CN=C(NCc1c(C)nn(CCOC)c1C)N1CC2CCCCC2C1.I. The molecule has 1 N–H and O–H groups in total. The van der Waals surface area contributed by atoms with Gasteiger partial charge in [0.15, 0.2) is 5.96 Å². The molecule has 1 aromatic rings. The molecule has 2 atom stereocenters. The molecule has 26 heavy (non-hydrogen) atoms. The first-order valence-electron chi connectivity index (χ1n) is 9.61. The van der Waals surface area contributed by atoms with Crippen LogP contribution in [0.2, 0.25) is 0 Å². The van der Waals surface area contributed by atoms with Gasteiger partial charge in [0.05, 0.1) is 18.8 Å². The van der Waals surface area contributed by atoms with Crippen LogP contribution in [0.15, 0.2) is 4.99 Å². The largest absolute Gasteiger partial charge is 0.383 e. The maximum absolute atomic E-state index is 5.18. The van der Waals surface area contributed by atoms with Crippen molar-refractivity contribution in [3.05, 3.63) is 17.0 Å². The third-order valence-corrected chi connectivity index (χ3v) is 5.95. The van der Waals surface area contributed by atoms with Gasteiger partial charge in [-0.1, -0.05) is 12.8 Å². The highest BCUT2D eigenvalue weighted by Crippen LogP contribution is 2.35. The summed E-state index contributed by atoms with van der Waals surface area (Å²) in [6.45, 7) is 8.81. The second-order valence-electron chi connectivity index (χ2n) is 7.48. The normalized spacial score (nSPS) is 22.9. The molecule has 1 saturated carbocycles. The van der Waals surface area contributed by atoms with Crippen molar-refractivity contribution in [3.63, 3.8) is 0 Å². The standard InChI is InChI=1S/C19H33N5O.HI/c1-14-18(15(2)24(22-14)9-10-25-4)11-21-19(20-3)23-12-16-7-5-6-8-17(16)13-23;/h16-17H,5-13H2,1-4H3,(H,20,21);1H. The van der Waals surface area contributed by atoms with Crippen LogP contribution in [-0.2, 0) is 17.8 Å². The van der Waals surface area contributed by atoms with Crippen molar-refractivity contribution in [2.24, 2.45) is 16.8 Å². The summed E-state index contributed by atoms with van der Waals surface area (Å²) in [4.78, 5) is 7.00. The van der Waals surface area contributed by atoms with E-state index in [1.54, 1.807) is 7.11 Å². The van der Waals surface area contributed by atoms with E-state index in [0.29, 0.717) is 6.61 Å². The van der Waals surface area contributed by atoms with Crippen molar-refractivity contribution >= 4 is 29.9 Å². The highest BCUT2D eigenvalue weighted by Gasteiger charge is 2.35. The van der Waals surface area contributed by atoms with E-state index < -0.39 is 0 Å². The first-order valence-corrected chi connectivity index (χ1v) is 9.61. The number of hydrogen-bond acceptors (Lipinski definition) is 3. The van der Waals surface area contributed by atoms with Gasteiger partial charge in [-0.15, -0.1) is 24.0 Å². The van der Waals surface area contributed by atoms with Crippen molar-refractivity contribution in [2.75, 3.05) is 33.9 Å². The Morgan fingerprint density at radius 3 is 2.46 bits per heavy atom. The molecule has 6 nitrogen and oxygen atoms in total. The van der Waals surface area contributed by atoms with Gasteiger partial charge in [0, 0.05) is 45.0 Å². The molecule has 1 aliphatic heterocycles. The molecule has 2 heterocycles. The Kier molecular flexibility index (Phi) is 8.19. The molecule has 0 aromatic carbocycles. The molecular weight excluding hydrogens is 441 g/mol. The minimum Gasteiger partial charge on any atom is -0.383 e. The second kappa shape index (κ2) is 9.92. The van der Waals surface area contributed by atoms with Crippen molar-refractivity contribution in [1.29, 1.82) is 0 Å². The zero-order valence-corrected chi connectivity index (χ0v) is 19.0. The molecule has 1 aliphatic carbocycles. The highest BCUT2D eigenvalue weighted by molar-refractivity contribution is 14.0. The lowest BCUT2D eigenvalue weighted by atomic mass is 9.82. The zero-order chi connectivity index (χ0) is 17.8. The highest BCUT2D eigenvalue weighted by atomic mass is 127. The average molecular weight is 475 g/mol. The van der Waals surface area contributed by atoms with E-state index in [2.05, 4.69) is 34.2 Å². The number of fused-ring (bicyclic) bond motifs is 1. The molecule has 2 fully saturated rings. The van der Waals surface area contributed by atoms with E-state index in [9.17, 15) is 0 Å². The van der Waals surface area contributed by atoms with Crippen LogP contribution >= 0.6 is 24.0 Å². The van der Waals surface area contributed by atoms with Gasteiger partial charge in [0.25, 0.3) is 0 Å². The lowest BCUT2D eigenvalue weighted by Gasteiger charge is -2.22. The van der Waals surface area contributed by atoms with Crippen LogP contribution in [0.3, 0.4) is 0 Å². The fraction of sp³-hybridized carbons (Fsp3) is 0.789. The molecule has 7 heteroatoms. The number of nitrogens with zero attached hydrogens (tertiary/aromatic N) is 4. The summed E-state index contributed by atoms with van der Waals surface area (Å²) in [7, 11) is 3.62. The average Bonchev–Trinajstić information content (AvgIpc) is 3.16. The van der Waals surface area contributed by atoms with Gasteiger partial charge in [-0.25, -0.2) is 0 Å². The Hall–Kier alpha value is -0.830. The number of aromatic nitrogens is 2. The predicted molar refractivity (Wildman–Crippen MR) is 116 cm³/mol. The molecule has 0 amide bonds. The number of aliphatic imine (C=N–C) groups is 1. The molecule has 0 spiro atoms. The van der Waals surface area contributed by atoms with E-state index >= 15 is 0 Å². The topological polar surface area (TPSA) is 54.7 Å². The second-order valence-corrected chi connectivity index (χ2v) is 7.48. The number of rotatable bonds is 5. The van der Waals surface area contributed by atoms with E-state index in [-0.39, 0.29) is 24.0 Å². The molecule has 2 unspecified atom stereocenters.